The molecule has 0 amide bonds. The Bertz CT molecular complexity index is 4100. The van der Waals surface area contributed by atoms with Gasteiger partial charge in [0.15, 0.2) is 0 Å². The summed E-state index contributed by atoms with van der Waals surface area (Å²) >= 11 is 0. The zero-order valence-electron chi connectivity index (χ0n) is 48.6. The van der Waals surface area contributed by atoms with E-state index in [1.807, 2.05) is 88.1 Å². The van der Waals surface area contributed by atoms with Crippen molar-refractivity contribution in [2.45, 2.75) is 86.0 Å². The van der Waals surface area contributed by atoms with Crippen molar-refractivity contribution >= 4 is 32.8 Å². The van der Waals surface area contributed by atoms with E-state index in [9.17, 15) is 2.74 Å². The molecule has 3 heterocycles. The predicted octanol–water partition coefficient (Wildman–Crippen LogP) is 17.3. The van der Waals surface area contributed by atoms with Crippen molar-refractivity contribution in [3.63, 3.8) is 0 Å². The summed E-state index contributed by atoms with van der Waals surface area (Å²) in [6.45, 7) is 22.3. The van der Waals surface area contributed by atoms with Crippen LogP contribution in [0.3, 0.4) is 0 Å². The van der Waals surface area contributed by atoms with Crippen LogP contribution < -0.4 is 9.30 Å². The minimum atomic E-state index is -0.446. The fourth-order valence-electron chi connectivity index (χ4n) is 9.76. The Balaban J connectivity index is 0.00000704. The van der Waals surface area contributed by atoms with Crippen molar-refractivity contribution in [1.82, 2.24) is 14.1 Å². The van der Waals surface area contributed by atoms with Crippen LogP contribution in [0, 0.1) is 23.9 Å². The van der Waals surface area contributed by atoms with Gasteiger partial charge in [-0.25, -0.2) is 4.98 Å². The van der Waals surface area contributed by atoms with Gasteiger partial charge in [0.25, 0.3) is 6.33 Å². The number of hydrogen-bond acceptors (Lipinski definition) is 2. The molecular weight excluding hydrogens is 1080 g/mol. The fraction of sp³-hybridized carbons (Fsp3) is 0.206. The maximum absolute atomic E-state index is 9.25. The Morgan fingerprint density at radius 2 is 1.26 bits per heavy atom. The van der Waals surface area contributed by atoms with Crippen molar-refractivity contribution < 1.29 is 37.2 Å². The molecule has 0 saturated heterocycles. The molecule has 0 aliphatic heterocycles. The van der Waals surface area contributed by atoms with Gasteiger partial charge in [0.2, 0.25) is 0 Å². The van der Waals surface area contributed by atoms with Gasteiger partial charge >= 0.3 is 0 Å². The summed E-state index contributed by atoms with van der Waals surface area (Å²) in [7, 11) is 0. The van der Waals surface area contributed by atoms with E-state index in [0.29, 0.717) is 28.4 Å². The third-order valence-corrected chi connectivity index (χ3v) is 14.3. The second-order valence-corrected chi connectivity index (χ2v) is 22.3. The van der Waals surface area contributed by atoms with Gasteiger partial charge in [0, 0.05) is 44.3 Å². The van der Waals surface area contributed by atoms with E-state index >= 15 is 0 Å². The van der Waals surface area contributed by atoms with E-state index in [4.69, 9.17) is 13.8 Å². The Hall–Kier alpha value is -7.33. The SMILES string of the molecule is [2H]c1c([2H])c([2H])c(-c2cccc(-c3cc(C(C)(C)C)cc(C(C)(C)C)c3)c2-[n+]2[c-]n(-c3[c-]c(Oc4[c-]c5c(cc4)c4cc(-c6ccccc6)ccc4n5-c4cc(C(C)C(C)(C)C)ccn4)ccc3)c3ccccc32)c([2H])c1[2H].[Pt]. The largest absolute Gasteiger partial charge is 0.510 e. The zero-order chi connectivity index (χ0) is 55.2. The average Bonchev–Trinajstić information content (AvgIpc) is 4.24. The van der Waals surface area contributed by atoms with Crippen LogP contribution in [0.15, 0.2) is 188 Å². The summed E-state index contributed by atoms with van der Waals surface area (Å²) in [5.41, 5.74) is 12.4. The van der Waals surface area contributed by atoms with Crippen LogP contribution in [-0.4, -0.2) is 14.1 Å². The van der Waals surface area contributed by atoms with Gasteiger partial charge in [-0.3, -0.25) is 4.57 Å². The smallest absolute Gasteiger partial charge is 0.268 e. The molecule has 0 radical (unpaired) electrons. The van der Waals surface area contributed by atoms with Crippen LogP contribution >= 0.6 is 0 Å². The van der Waals surface area contributed by atoms with Crippen LogP contribution in [0.5, 0.6) is 11.5 Å². The van der Waals surface area contributed by atoms with Gasteiger partial charge < -0.3 is 13.9 Å². The van der Waals surface area contributed by atoms with E-state index in [-0.39, 0.29) is 60.9 Å². The van der Waals surface area contributed by atoms with Crippen LogP contribution in [0.1, 0.15) is 98.7 Å². The number of para-hydroxylation sites is 3. The molecule has 0 spiro atoms. The first-order valence-corrected chi connectivity index (χ1v) is 25.1. The van der Waals surface area contributed by atoms with E-state index in [0.717, 1.165) is 72.0 Å². The second-order valence-electron chi connectivity index (χ2n) is 22.3. The van der Waals surface area contributed by atoms with Crippen LogP contribution in [-0.2, 0) is 31.9 Å². The van der Waals surface area contributed by atoms with Crippen molar-refractivity contribution in [3.8, 4) is 62.1 Å². The van der Waals surface area contributed by atoms with Crippen molar-refractivity contribution in [3.05, 3.63) is 223 Å². The topological polar surface area (TPSA) is 35.9 Å². The molecule has 0 saturated carbocycles. The first-order valence-electron chi connectivity index (χ1n) is 27.6. The molecule has 3 aromatic heterocycles. The van der Waals surface area contributed by atoms with E-state index in [1.165, 1.54) is 5.56 Å². The first-order chi connectivity index (χ1) is 37.1. The summed E-state index contributed by atoms with van der Waals surface area (Å²) < 4.78 is 57.3. The van der Waals surface area contributed by atoms with Crippen molar-refractivity contribution in [2.75, 3.05) is 0 Å². The molecule has 6 heteroatoms. The average molecular weight is 1150 g/mol. The van der Waals surface area contributed by atoms with Gasteiger partial charge in [-0.05, 0) is 102 Å². The molecule has 11 aromatic rings. The predicted molar refractivity (Wildman–Crippen MR) is 302 cm³/mol. The van der Waals surface area contributed by atoms with Gasteiger partial charge in [-0.2, -0.15) is 18.2 Å². The number of imidazole rings is 1. The second kappa shape index (κ2) is 19.5. The van der Waals surface area contributed by atoms with Crippen molar-refractivity contribution in [1.29, 1.82) is 0 Å². The number of ether oxygens (including phenoxy) is 1. The fourth-order valence-corrected chi connectivity index (χ4v) is 9.76. The maximum Gasteiger partial charge on any atom is 0.268 e. The zero-order valence-corrected chi connectivity index (χ0v) is 45.9. The number of rotatable bonds is 9. The number of aromatic nitrogens is 4. The molecule has 0 aliphatic rings. The number of hydrogen-bond donors (Lipinski definition) is 0. The quantitative estimate of drug-likeness (QED) is 0.107. The summed E-state index contributed by atoms with van der Waals surface area (Å²) in [5.74, 6) is 2.04. The van der Waals surface area contributed by atoms with Gasteiger partial charge in [0.1, 0.15) is 5.82 Å². The third kappa shape index (κ3) is 9.55. The number of nitrogens with zero attached hydrogens (tertiary/aromatic N) is 4. The number of benzene rings is 8. The molecule has 8 aromatic carbocycles. The van der Waals surface area contributed by atoms with Gasteiger partial charge in [-0.1, -0.05) is 208 Å². The Labute approximate surface area is 458 Å². The molecule has 0 fully saturated rings. The van der Waals surface area contributed by atoms with E-state index in [2.05, 4.69) is 171 Å². The molecule has 0 N–H and O–H groups in total. The molecule has 5 nitrogen and oxygen atoms in total. The normalized spacial score (nSPS) is 13.5. The minimum Gasteiger partial charge on any atom is -0.510 e. The standard InChI is InChI=1S/C68H62N4O.Pt/c1-45(66(2,3)4)48-35-36-69-64(40-48)72-60-34-31-49(46-21-13-11-14-22-46)39-59(60)58-33-32-55(43-63(58)72)73-54-26-19-25-53(42-54)70-44-71(62-30-18-17-29-61(62)70)65-56(47-23-15-12-16-24-47)27-20-28-57(65)50-37-51(67(5,6)7)41-52(38-50)68(8,9)10;/h11-41,45H,1-10H3;/q-2;/i12D,15D,16D,23D,24D;. The third-order valence-electron chi connectivity index (χ3n) is 14.3. The van der Waals surface area contributed by atoms with Crippen LogP contribution in [0.25, 0.3) is 83.4 Å². The molecule has 372 valence electrons. The molecule has 1 atom stereocenters. The molecule has 0 bridgehead atoms. The molecule has 11 rings (SSSR count). The molecule has 0 aliphatic carbocycles. The van der Waals surface area contributed by atoms with E-state index < -0.39 is 18.1 Å². The molecular formula is C68H62N4OPt-2. The Kier molecular flexibility index (Phi) is 11.6. The molecule has 74 heavy (non-hydrogen) atoms. The monoisotopic (exact) mass is 1150 g/mol. The summed E-state index contributed by atoms with van der Waals surface area (Å²) in [5, 5.41) is 2.10. The minimum absolute atomic E-state index is 0. The van der Waals surface area contributed by atoms with Crippen LogP contribution in [0.4, 0.5) is 0 Å². The first kappa shape index (κ1) is 44.2. The summed E-state index contributed by atoms with van der Waals surface area (Å²) in [6, 6.07) is 57.0. The maximum atomic E-state index is 9.25. The molecule has 1 unspecified atom stereocenters. The van der Waals surface area contributed by atoms with Gasteiger partial charge in [-0.15, -0.1) is 29.7 Å². The number of pyridine rings is 1. The van der Waals surface area contributed by atoms with Crippen LogP contribution in [0.2, 0.25) is 0 Å². The summed E-state index contributed by atoms with van der Waals surface area (Å²) in [4.78, 5) is 4.97. The Morgan fingerprint density at radius 3 is 1.97 bits per heavy atom. The van der Waals surface area contributed by atoms with Gasteiger partial charge in [0.05, 0.1) is 23.6 Å². The van der Waals surface area contributed by atoms with E-state index in [1.54, 1.807) is 0 Å². The van der Waals surface area contributed by atoms with Crippen molar-refractivity contribution in [2.24, 2.45) is 5.41 Å². The number of fused-ring (bicyclic) bond motifs is 4. The summed E-state index contributed by atoms with van der Waals surface area (Å²) in [6.07, 6.45) is 5.58. The Morgan fingerprint density at radius 1 is 0.581 bits per heavy atom.